The summed E-state index contributed by atoms with van der Waals surface area (Å²) in [5, 5.41) is -0.125. The largest absolute Gasteiger partial charge is 0.376 e. The Morgan fingerprint density at radius 1 is 1.17 bits per heavy atom. The first-order valence-electron chi connectivity index (χ1n) is 12.3. The highest BCUT2D eigenvalue weighted by Crippen LogP contribution is 2.24. The summed E-state index contributed by atoms with van der Waals surface area (Å²) in [7, 11) is -3.95. The average molecular weight is 508 g/mol. The van der Waals surface area contributed by atoms with Gasteiger partial charge in [0.05, 0.1) is 42.9 Å². The zero-order chi connectivity index (χ0) is 25.0. The highest BCUT2D eigenvalue weighted by Gasteiger charge is 2.30. The topological polar surface area (TPSA) is 90.7 Å². The van der Waals surface area contributed by atoms with E-state index in [0.29, 0.717) is 32.0 Å². The molecule has 1 amide bonds. The second kappa shape index (κ2) is 11.2. The summed E-state index contributed by atoms with van der Waals surface area (Å²) >= 11 is 0. The predicted octanol–water partition coefficient (Wildman–Crippen LogP) is 3.34. The lowest BCUT2D eigenvalue weighted by Gasteiger charge is -2.28. The lowest BCUT2D eigenvalue weighted by Crippen LogP contribution is -2.40. The van der Waals surface area contributed by atoms with E-state index in [4.69, 9.17) is 9.47 Å². The van der Waals surface area contributed by atoms with E-state index in [1.54, 1.807) is 15.5 Å². The average Bonchev–Trinajstić information content (AvgIpc) is 3.58. The summed E-state index contributed by atoms with van der Waals surface area (Å²) in [6.45, 7) is 5.97. The summed E-state index contributed by atoms with van der Waals surface area (Å²) in [5.41, 5.74) is 0.704. The first kappa shape index (κ1) is 25.8. The number of ether oxygens (including phenoxy) is 2. The highest BCUT2D eigenvalue weighted by molar-refractivity contribution is 7.90. The van der Waals surface area contributed by atoms with Crippen molar-refractivity contribution in [2.24, 2.45) is 5.92 Å². The molecule has 0 radical (unpaired) electrons. The van der Waals surface area contributed by atoms with Crippen LogP contribution in [0.3, 0.4) is 0 Å². The fraction of sp³-hybridized carbons (Fsp3) is 0.600. The van der Waals surface area contributed by atoms with E-state index in [9.17, 15) is 17.6 Å². The molecule has 10 heteroatoms. The molecule has 0 saturated carbocycles. The van der Waals surface area contributed by atoms with Gasteiger partial charge in [-0.2, -0.15) is 0 Å². The van der Waals surface area contributed by atoms with Crippen LogP contribution in [-0.4, -0.2) is 60.7 Å². The van der Waals surface area contributed by atoms with Crippen LogP contribution in [0, 0.1) is 11.7 Å². The van der Waals surface area contributed by atoms with Crippen molar-refractivity contribution in [2.75, 3.05) is 19.8 Å². The minimum atomic E-state index is -3.95. The van der Waals surface area contributed by atoms with E-state index in [0.717, 1.165) is 25.7 Å². The summed E-state index contributed by atoms with van der Waals surface area (Å²) in [6, 6.07) is 5.84. The van der Waals surface area contributed by atoms with Crippen LogP contribution in [0.15, 0.2) is 35.6 Å². The zero-order valence-electron chi connectivity index (χ0n) is 20.4. The molecule has 0 N–H and O–H groups in total. The van der Waals surface area contributed by atoms with Gasteiger partial charge >= 0.3 is 0 Å². The molecule has 2 aliphatic rings. The summed E-state index contributed by atoms with van der Waals surface area (Å²) in [5.74, 6) is -1.30. The molecule has 2 aliphatic heterocycles. The van der Waals surface area contributed by atoms with Crippen LogP contribution < -0.4 is 0 Å². The van der Waals surface area contributed by atoms with Crippen LogP contribution in [0.4, 0.5) is 4.39 Å². The molecule has 4 rings (SSSR count). The van der Waals surface area contributed by atoms with Crippen molar-refractivity contribution in [3.8, 4) is 0 Å². The molecule has 3 heterocycles. The van der Waals surface area contributed by atoms with Gasteiger partial charge in [-0.1, -0.05) is 32.0 Å². The van der Waals surface area contributed by atoms with E-state index >= 15 is 0 Å². The van der Waals surface area contributed by atoms with Crippen LogP contribution in [0.2, 0.25) is 0 Å². The van der Waals surface area contributed by atoms with E-state index in [1.165, 1.54) is 24.4 Å². The molecule has 0 unspecified atom stereocenters. The maximum Gasteiger partial charge on any atom is 0.228 e. The number of halogens is 1. The van der Waals surface area contributed by atoms with Crippen LogP contribution in [0.5, 0.6) is 0 Å². The molecule has 2 fully saturated rings. The first-order chi connectivity index (χ1) is 16.7. The molecule has 192 valence electrons. The normalized spacial score (nSPS) is 20.6. The number of sulfone groups is 1. The molecule has 2 aromatic rings. The Balaban J connectivity index is 1.65. The zero-order valence-corrected chi connectivity index (χ0v) is 21.2. The second-order valence-electron chi connectivity index (χ2n) is 9.64. The molecular weight excluding hydrogens is 473 g/mol. The Morgan fingerprint density at radius 2 is 1.86 bits per heavy atom. The van der Waals surface area contributed by atoms with Crippen LogP contribution >= 0.6 is 0 Å². The van der Waals surface area contributed by atoms with Gasteiger partial charge in [0.2, 0.25) is 20.9 Å². The fourth-order valence-electron chi connectivity index (χ4n) is 4.67. The van der Waals surface area contributed by atoms with Crippen molar-refractivity contribution in [1.82, 2.24) is 14.5 Å². The van der Waals surface area contributed by atoms with Gasteiger partial charge in [-0.05, 0) is 31.7 Å². The van der Waals surface area contributed by atoms with Crippen molar-refractivity contribution in [2.45, 2.75) is 75.7 Å². The third kappa shape index (κ3) is 6.29. The standard InChI is InChI=1S/C25H34FN3O5S/c1-18(2)24(30)28(15-21-8-5-11-33-21)14-20-13-27-25(29(20)16-22-9-6-12-34-22)35(31,32)17-19-7-3-4-10-23(19)26/h3-4,7,10,13,18,21-22H,5-6,8-9,11-12,14-17H2,1-2H3/t21-,22+/m1/s1. The lowest BCUT2D eigenvalue weighted by molar-refractivity contribution is -0.136. The number of carbonyl (C=O) groups is 1. The number of hydrogen-bond donors (Lipinski definition) is 0. The SMILES string of the molecule is CC(C)C(=O)N(Cc1cnc(S(=O)(=O)Cc2ccccc2F)n1C[C@@H]1CCCO1)C[C@H]1CCCO1. The molecule has 35 heavy (non-hydrogen) atoms. The number of benzene rings is 1. The second-order valence-corrected chi connectivity index (χ2v) is 11.5. The number of imidazole rings is 1. The molecule has 2 saturated heterocycles. The number of amides is 1. The molecule has 1 aromatic heterocycles. The lowest BCUT2D eigenvalue weighted by atomic mass is 10.1. The smallest absolute Gasteiger partial charge is 0.228 e. The van der Waals surface area contributed by atoms with Crippen molar-refractivity contribution in [3.63, 3.8) is 0 Å². The van der Waals surface area contributed by atoms with E-state index in [-0.39, 0.29) is 41.3 Å². The highest BCUT2D eigenvalue weighted by atomic mass is 32.2. The van der Waals surface area contributed by atoms with Gasteiger partial charge in [-0.15, -0.1) is 0 Å². The quantitative estimate of drug-likeness (QED) is 0.490. The van der Waals surface area contributed by atoms with Crippen LogP contribution in [-0.2, 0) is 42.9 Å². The van der Waals surface area contributed by atoms with E-state index in [2.05, 4.69) is 4.98 Å². The van der Waals surface area contributed by atoms with Gasteiger partial charge in [-0.3, -0.25) is 4.79 Å². The number of carbonyl (C=O) groups excluding carboxylic acids is 1. The fourth-order valence-corrected chi connectivity index (χ4v) is 6.18. The van der Waals surface area contributed by atoms with Crippen LogP contribution in [0.25, 0.3) is 0 Å². The number of rotatable bonds is 10. The molecule has 8 nitrogen and oxygen atoms in total. The predicted molar refractivity (Wildman–Crippen MR) is 128 cm³/mol. The minimum absolute atomic E-state index is 0.0267. The summed E-state index contributed by atoms with van der Waals surface area (Å²) < 4.78 is 54.2. The Hall–Kier alpha value is -2.30. The maximum absolute atomic E-state index is 14.2. The number of nitrogens with zero attached hydrogens (tertiary/aromatic N) is 3. The first-order valence-corrected chi connectivity index (χ1v) is 13.9. The van der Waals surface area contributed by atoms with Crippen molar-refractivity contribution < 1.29 is 27.1 Å². The third-order valence-electron chi connectivity index (χ3n) is 6.50. The van der Waals surface area contributed by atoms with Gasteiger partial charge in [-0.25, -0.2) is 17.8 Å². The van der Waals surface area contributed by atoms with Gasteiger partial charge in [0.25, 0.3) is 0 Å². The number of hydrogen-bond acceptors (Lipinski definition) is 6. The van der Waals surface area contributed by atoms with Crippen LogP contribution in [0.1, 0.15) is 50.8 Å². The summed E-state index contributed by atoms with van der Waals surface area (Å²) in [6.07, 6.45) is 4.91. The Labute approximate surface area is 206 Å². The Morgan fingerprint density at radius 3 is 2.49 bits per heavy atom. The molecule has 0 bridgehead atoms. The molecular formula is C25H34FN3O5S. The monoisotopic (exact) mass is 507 g/mol. The van der Waals surface area contributed by atoms with Crippen molar-refractivity contribution >= 4 is 15.7 Å². The Bertz CT molecular complexity index is 1120. The molecule has 0 spiro atoms. The molecule has 1 aromatic carbocycles. The molecule has 2 atom stereocenters. The van der Waals surface area contributed by atoms with Crippen molar-refractivity contribution in [3.05, 3.63) is 47.5 Å². The Kier molecular flexibility index (Phi) is 8.23. The molecule has 0 aliphatic carbocycles. The summed E-state index contributed by atoms with van der Waals surface area (Å²) in [4.78, 5) is 19.0. The van der Waals surface area contributed by atoms with Gasteiger partial charge in [0, 0.05) is 31.2 Å². The van der Waals surface area contributed by atoms with E-state index < -0.39 is 21.4 Å². The van der Waals surface area contributed by atoms with Gasteiger partial charge < -0.3 is 18.9 Å². The van der Waals surface area contributed by atoms with Crippen molar-refractivity contribution in [1.29, 1.82) is 0 Å². The van der Waals surface area contributed by atoms with Gasteiger partial charge in [0.1, 0.15) is 5.82 Å². The van der Waals surface area contributed by atoms with E-state index in [1.807, 2.05) is 13.8 Å². The number of aromatic nitrogens is 2. The maximum atomic E-state index is 14.2. The third-order valence-corrected chi connectivity index (χ3v) is 8.07. The minimum Gasteiger partial charge on any atom is -0.376 e. The van der Waals surface area contributed by atoms with Gasteiger partial charge in [0.15, 0.2) is 0 Å².